The van der Waals surface area contributed by atoms with Crippen LogP contribution in [-0.2, 0) is 0 Å². The van der Waals surface area contributed by atoms with Gasteiger partial charge in [0.05, 0.1) is 11.4 Å². The zero-order valence-electron chi connectivity index (χ0n) is 10.4. The fourth-order valence-corrected chi connectivity index (χ4v) is 1.70. The Balaban J connectivity index is 2.24. The first-order chi connectivity index (χ1) is 8.58. The molecule has 2 rings (SSSR count). The number of aryl methyl sites for hydroxylation is 2. The molecule has 0 bridgehead atoms. The molecule has 1 aromatic carbocycles. The number of nitrogens with zero attached hydrogens (tertiary/aromatic N) is 1. The lowest BCUT2D eigenvalue weighted by Crippen LogP contribution is -2.16. The molecule has 18 heavy (non-hydrogen) atoms. The largest absolute Gasteiger partial charge is 0.397 e. The average molecular weight is 241 g/mol. The van der Waals surface area contributed by atoms with Gasteiger partial charge in [0.1, 0.15) is 5.69 Å². The maximum atomic E-state index is 12.0. The van der Waals surface area contributed by atoms with Crippen LogP contribution in [0.4, 0.5) is 11.4 Å². The third-order valence-corrected chi connectivity index (χ3v) is 2.68. The third-order valence-electron chi connectivity index (χ3n) is 2.68. The van der Waals surface area contributed by atoms with E-state index in [-0.39, 0.29) is 5.91 Å². The van der Waals surface area contributed by atoms with Crippen molar-refractivity contribution in [3.63, 3.8) is 0 Å². The Morgan fingerprint density at radius 2 is 2.06 bits per heavy atom. The third kappa shape index (κ3) is 2.48. The van der Waals surface area contributed by atoms with Crippen LogP contribution in [0.1, 0.15) is 21.6 Å². The highest BCUT2D eigenvalue weighted by Gasteiger charge is 2.11. The van der Waals surface area contributed by atoms with E-state index in [1.54, 1.807) is 18.3 Å². The van der Waals surface area contributed by atoms with Crippen LogP contribution in [0, 0.1) is 13.8 Å². The molecule has 1 heterocycles. The van der Waals surface area contributed by atoms with Gasteiger partial charge in [-0.05, 0) is 43.2 Å². The molecule has 1 amide bonds. The van der Waals surface area contributed by atoms with Crippen LogP contribution < -0.4 is 11.1 Å². The Labute approximate surface area is 106 Å². The van der Waals surface area contributed by atoms with Crippen molar-refractivity contribution >= 4 is 17.3 Å². The molecule has 1 aromatic heterocycles. The number of hydrogen-bond acceptors (Lipinski definition) is 3. The monoisotopic (exact) mass is 241 g/mol. The van der Waals surface area contributed by atoms with E-state index >= 15 is 0 Å². The second-order valence-corrected chi connectivity index (χ2v) is 4.21. The van der Waals surface area contributed by atoms with Crippen molar-refractivity contribution in [2.24, 2.45) is 0 Å². The van der Waals surface area contributed by atoms with E-state index < -0.39 is 0 Å². The number of carbonyl (C=O) groups is 1. The predicted molar refractivity (Wildman–Crippen MR) is 72.5 cm³/mol. The lowest BCUT2D eigenvalue weighted by molar-refractivity contribution is 0.102. The zero-order valence-corrected chi connectivity index (χ0v) is 10.4. The van der Waals surface area contributed by atoms with E-state index in [0.29, 0.717) is 17.1 Å². The van der Waals surface area contributed by atoms with Gasteiger partial charge in [-0.1, -0.05) is 12.1 Å². The molecule has 0 aliphatic carbocycles. The van der Waals surface area contributed by atoms with Crippen molar-refractivity contribution in [2.75, 3.05) is 11.1 Å². The number of nitrogens with one attached hydrogen (secondary N) is 1. The maximum absolute atomic E-state index is 12.0. The fraction of sp³-hybridized carbons (Fsp3) is 0.143. The van der Waals surface area contributed by atoms with E-state index in [4.69, 9.17) is 5.73 Å². The molecule has 0 unspecified atom stereocenters. The second kappa shape index (κ2) is 4.87. The Morgan fingerprint density at radius 3 is 2.72 bits per heavy atom. The maximum Gasteiger partial charge on any atom is 0.274 e. The van der Waals surface area contributed by atoms with E-state index in [9.17, 15) is 4.79 Å². The molecule has 0 fully saturated rings. The number of nitrogen functional groups attached to an aromatic ring is 1. The van der Waals surface area contributed by atoms with Gasteiger partial charge in [0.15, 0.2) is 0 Å². The fourth-order valence-electron chi connectivity index (χ4n) is 1.70. The van der Waals surface area contributed by atoms with Crippen LogP contribution in [0.25, 0.3) is 0 Å². The van der Waals surface area contributed by atoms with Gasteiger partial charge in [-0.15, -0.1) is 0 Å². The van der Waals surface area contributed by atoms with E-state index in [0.717, 1.165) is 11.1 Å². The molecular weight excluding hydrogens is 226 g/mol. The minimum atomic E-state index is -0.247. The van der Waals surface area contributed by atoms with Gasteiger partial charge in [-0.2, -0.15) is 0 Å². The van der Waals surface area contributed by atoms with Gasteiger partial charge in [-0.3, -0.25) is 9.78 Å². The summed E-state index contributed by atoms with van der Waals surface area (Å²) < 4.78 is 0. The molecule has 92 valence electrons. The normalized spacial score (nSPS) is 10.1. The van der Waals surface area contributed by atoms with E-state index in [1.165, 1.54) is 0 Å². The summed E-state index contributed by atoms with van der Waals surface area (Å²) in [5.74, 6) is -0.247. The van der Waals surface area contributed by atoms with Crippen molar-refractivity contribution in [1.29, 1.82) is 0 Å². The summed E-state index contributed by atoms with van der Waals surface area (Å²) in [5, 5.41) is 2.77. The molecule has 2 aromatic rings. The summed E-state index contributed by atoms with van der Waals surface area (Å²) in [4.78, 5) is 16.1. The average Bonchev–Trinajstić information content (AvgIpc) is 2.33. The predicted octanol–water partition coefficient (Wildman–Crippen LogP) is 2.53. The van der Waals surface area contributed by atoms with Crippen LogP contribution in [0.15, 0.2) is 36.5 Å². The van der Waals surface area contributed by atoms with Crippen LogP contribution in [0.2, 0.25) is 0 Å². The number of pyridine rings is 1. The SMILES string of the molecule is Cc1ccc(NC(=O)c2ncccc2C)c(N)c1. The lowest BCUT2D eigenvalue weighted by atomic mass is 10.1. The first-order valence-corrected chi connectivity index (χ1v) is 5.67. The highest BCUT2D eigenvalue weighted by Crippen LogP contribution is 2.20. The summed E-state index contributed by atoms with van der Waals surface area (Å²) in [6.07, 6.45) is 1.60. The molecule has 0 atom stereocenters. The molecule has 0 spiro atoms. The van der Waals surface area contributed by atoms with Gasteiger partial charge < -0.3 is 11.1 Å². The minimum absolute atomic E-state index is 0.247. The minimum Gasteiger partial charge on any atom is -0.397 e. The number of benzene rings is 1. The first kappa shape index (κ1) is 12.1. The quantitative estimate of drug-likeness (QED) is 0.794. The zero-order chi connectivity index (χ0) is 13.1. The Bertz CT molecular complexity index is 593. The molecule has 0 aliphatic rings. The van der Waals surface area contributed by atoms with Crippen LogP contribution in [-0.4, -0.2) is 10.9 Å². The van der Waals surface area contributed by atoms with Gasteiger partial charge in [0.25, 0.3) is 5.91 Å². The molecule has 0 saturated heterocycles. The van der Waals surface area contributed by atoms with Crippen molar-refractivity contribution < 1.29 is 4.79 Å². The van der Waals surface area contributed by atoms with Crippen LogP contribution in [0.5, 0.6) is 0 Å². The highest BCUT2D eigenvalue weighted by molar-refractivity contribution is 6.05. The van der Waals surface area contributed by atoms with Crippen LogP contribution in [0.3, 0.4) is 0 Å². The standard InChI is InChI=1S/C14H15N3O/c1-9-5-6-12(11(15)8-9)17-14(18)13-10(2)4-3-7-16-13/h3-8H,15H2,1-2H3,(H,17,18). The van der Waals surface area contributed by atoms with Crippen LogP contribution >= 0.6 is 0 Å². The number of nitrogens with two attached hydrogens (primary N) is 1. The van der Waals surface area contributed by atoms with Gasteiger partial charge in [0.2, 0.25) is 0 Å². The Kier molecular flexibility index (Phi) is 3.28. The van der Waals surface area contributed by atoms with Gasteiger partial charge in [-0.25, -0.2) is 0 Å². The number of rotatable bonds is 2. The molecule has 0 radical (unpaired) electrons. The van der Waals surface area contributed by atoms with E-state index in [1.807, 2.05) is 32.0 Å². The van der Waals surface area contributed by atoms with Gasteiger partial charge >= 0.3 is 0 Å². The number of anilines is 2. The summed E-state index contributed by atoms with van der Waals surface area (Å²) in [5.41, 5.74) is 9.31. The number of aromatic nitrogens is 1. The number of amides is 1. The summed E-state index contributed by atoms with van der Waals surface area (Å²) in [6, 6.07) is 9.16. The van der Waals surface area contributed by atoms with Crippen molar-refractivity contribution in [1.82, 2.24) is 4.98 Å². The molecule has 0 aliphatic heterocycles. The summed E-state index contributed by atoms with van der Waals surface area (Å²) >= 11 is 0. The van der Waals surface area contributed by atoms with Crippen molar-refractivity contribution in [3.05, 3.63) is 53.3 Å². The molecular formula is C14H15N3O. The smallest absolute Gasteiger partial charge is 0.274 e. The number of hydrogen-bond donors (Lipinski definition) is 2. The lowest BCUT2D eigenvalue weighted by Gasteiger charge is -2.09. The van der Waals surface area contributed by atoms with Crippen molar-refractivity contribution in [3.8, 4) is 0 Å². The Morgan fingerprint density at radius 1 is 1.28 bits per heavy atom. The van der Waals surface area contributed by atoms with E-state index in [2.05, 4.69) is 10.3 Å². The molecule has 3 N–H and O–H groups in total. The Hall–Kier alpha value is -2.36. The summed E-state index contributed by atoms with van der Waals surface area (Å²) in [6.45, 7) is 3.80. The van der Waals surface area contributed by atoms with Crippen molar-refractivity contribution in [2.45, 2.75) is 13.8 Å². The summed E-state index contributed by atoms with van der Waals surface area (Å²) in [7, 11) is 0. The highest BCUT2D eigenvalue weighted by atomic mass is 16.1. The molecule has 4 heteroatoms. The van der Waals surface area contributed by atoms with Gasteiger partial charge in [0, 0.05) is 6.20 Å². The molecule has 0 saturated carbocycles. The topological polar surface area (TPSA) is 68.0 Å². The second-order valence-electron chi connectivity index (χ2n) is 4.21. The first-order valence-electron chi connectivity index (χ1n) is 5.67. The molecule has 4 nitrogen and oxygen atoms in total. The number of carbonyl (C=O) groups excluding carboxylic acids is 1.